The Kier molecular flexibility index (Phi) is 4.71. The molecule has 1 amide bonds. The van der Waals surface area contributed by atoms with Crippen molar-refractivity contribution in [2.75, 3.05) is 11.9 Å². The smallest absolute Gasteiger partial charge is 0.227 e. The van der Waals surface area contributed by atoms with Crippen molar-refractivity contribution in [1.82, 2.24) is 0 Å². The third-order valence-corrected chi connectivity index (χ3v) is 2.47. The van der Waals surface area contributed by atoms with Crippen molar-refractivity contribution < 1.29 is 9.18 Å². The van der Waals surface area contributed by atoms with Gasteiger partial charge in [-0.3, -0.25) is 4.79 Å². The molecule has 0 radical (unpaired) electrons. The van der Waals surface area contributed by atoms with E-state index in [-0.39, 0.29) is 17.5 Å². The maximum absolute atomic E-state index is 13.3. The van der Waals surface area contributed by atoms with E-state index in [2.05, 4.69) is 5.32 Å². The van der Waals surface area contributed by atoms with E-state index in [4.69, 9.17) is 17.3 Å². The van der Waals surface area contributed by atoms with Crippen LogP contribution in [0.1, 0.15) is 13.3 Å². The fraction of sp³-hybridized carbons (Fsp3) is 0.364. The van der Waals surface area contributed by atoms with Gasteiger partial charge >= 0.3 is 0 Å². The van der Waals surface area contributed by atoms with E-state index in [1.54, 1.807) is 6.92 Å². The van der Waals surface area contributed by atoms with E-state index in [1.807, 2.05) is 0 Å². The SMILES string of the molecule is CC(CCN)C(=O)Nc1cc(Cl)ccc1F. The third-order valence-electron chi connectivity index (χ3n) is 2.23. The van der Waals surface area contributed by atoms with Crippen molar-refractivity contribution in [2.45, 2.75) is 13.3 Å². The standard InChI is InChI=1S/C11H14ClFN2O/c1-7(4-5-14)11(16)15-10-6-8(12)2-3-9(10)13/h2-3,6-7H,4-5,14H2,1H3,(H,15,16). The molecule has 1 rings (SSSR count). The average molecular weight is 245 g/mol. The minimum absolute atomic E-state index is 0.0985. The molecule has 3 nitrogen and oxygen atoms in total. The van der Waals surface area contributed by atoms with Crippen molar-refractivity contribution in [1.29, 1.82) is 0 Å². The third kappa shape index (κ3) is 3.47. The van der Waals surface area contributed by atoms with Crippen LogP contribution in [0.3, 0.4) is 0 Å². The Labute approximate surface area is 98.8 Å². The summed E-state index contributed by atoms with van der Waals surface area (Å²) in [4.78, 5) is 11.6. The van der Waals surface area contributed by atoms with Gasteiger partial charge in [0.15, 0.2) is 0 Å². The molecule has 5 heteroatoms. The van der Waals surface area contributed by atoms with Gasteiger partial charge in [0, 0.05) is 10.9 Å². The summed E-state index contributed by atoms with van der Waals surface area (Å²) in [5, 5.41) is 2.86. The van der Waals surface area contributed by atoms with Gasteiger partial charge in [-0.15, -0.1) is 0 Å². The molecule has 1 aromatic carbocycles. The minimum atomic E-state index is -0.502. The summed E-state index contributed by atoms with van der Waals surface area (Å²) < 4.78 is 13.3. The van der Waals surface area contributed by atoms with Crippen LogP contribution in [0.25, 0.3) is 0 Å². The largest absolute Gasteiger partial charge is 0.330 e. The summed E-state index contributed by atoms with van der Waals surface area (Å²) >= 11 is 5.70. The Morgan fingerprint density at radius 3 is 2.94 bits per heavy atom. The number of anilines is 1. The van der Waals surface area contributed by atoms with Crippen molar-refractivity contribution in [3.63, 3.8) is 0 Å². The first-order chi connectivity index (χ1) is 7.54. The molecule has 0 aliphatic rings. The highest BCUT2D eigenvalue weighted by atomic mass is 35.5. The van der Waals surface area contributed by atoms with Crippen LogP contribution in [0.2, 0.25) is 5.02 Å². The lowest BCUT2D eigenvalue weighted by Gasteiger charge is -2.11. The topological polar surface area (TPSA) is 55.1 Å². The Morgan fingerprint density at radius 1 is 1.62 bits per heavy atom. The highest BCUT2D eigenvalue weighted by molar-refractivity contribution is 6.30. The number of rotatable bonds is 4. The Hall–Kier alpha value is -1.13. The molecule has 0 fully saturated rings. The zero-order valence-electron chi connectivity index (χ0n) is 8.97. The van der Waals surface area contributed by atoms with Crippen molar-refractivity contribution in [3.8, 4) is 0 Å². The van der Waals surface area contributed by atoms with E-state index < -0.39 is 5.82 Å². The van der Waals surface area contributed by atoms with Crippen LogP contribution in [0.4, 0.5) is 10.1 Å². The number of nitrogens with one attached hydrogen (secondary N) is 1. The molecule has 3 N–H and O–H groups in total. The minimum Gasteiger partial charge on any atom is -0.330 e. The van der Waals surface area contributed by atoms with E-state index in [0.717, 1.165) is 0 Å². The van der Waals surface area contributed by atoms with Crippen LogP contribution in [0, 0.1) is 11.7 Å². The van der Waals surface area contributed by atoms with Crippen LogP contribution >= 0.6 is 11.6 Å². The molecular weight excluding hydrogens is 231 g/mol. The van der Waals surface area contributed by atoms with E-state index >= 15 is 0 Å². The maximum Gasteiger partial charge on any atom is 0.227 e. The highest BCUT2D eigenvalue weighted by Gasteiger charge is 2.14. The number of hydrogen-bond donors (Lipinski definition) is 2. The number of carbonyl (C=O) groups is 1. The lowest BCUT2D eigenvalue weighted by molar-refractivity contribution is -0.119. The molecule has 0 bridgehead atoms. The highest BCUT2D eigenvalue weighted by Crippen LogP contribution is 2.20. The Bertz CT molecular complexity index is 384. The number of halogens is 2. The monoisotopic (exact) mass is 244 g/mol. The first-order valence-corrected chi connectivity index (χ1v) is 5.38. The average Bonchev–Trinajstić information content (AvgIpc) is 2.23. The molecule has 16 heavy (non-hydrogen) atoms. The Morgan fingerprint density at radius 2 is 2.31 bits per heavy atom. The number of nitrogens with two attached hydrogens (primary N) is 1. The number of carbonyl (C=O) groups excluding carboxylic acids is 1. The van der Waals surface area contributed by atoms with Gasteiger partial charge in [0.25, 0.3) is 0 Å². The second kappa shape index (κ2) is 5.82. The molecule has 88 valence electrons. The van der Waals surface area contributed by atoms with Gasteiger partial charge in [-0.05, 0) is 31.2 Å². The molecular formula is C11H14ClFN2O. The molecule has 0 aromatic heterocycles. The van der Waals surface area contributed by atoms with Crippen molar-refractivity contribution in [2.24, 2.45) is 11.7 Å². The molecule has 0 saturated heterocycles. The fourth-order valence-electron chi connectivity index (χ4n) is 1.23. The summed E-state index contributed by atoms with van der Waals surface area (Å²) in [6.07, 6.45) is 0.564. The first-order valence-electron chi connectivity index (χ1n) is 5.00. The molecule has 1 atom stereocenters. The predicted octanol–water partition coefficient (Wildman–Crippen LogP) is 2.40. The summed E-state index contributed by atoms with van der Waals surface area (Å²) in [5.41, 5.74) is 5.44. The van der Waals surface area contributed by atoms with Gasteiger partial charge in [0.05, 0.1) is 5.69 Å². The maximum atomic E-state index is 13.3. The number of amides is 1. The quantitative estimate of drug-likeness (QED) is 0.855. The van der Waals surface area contributed by atoms with Crippen LogP contribution in [0.15, 0.2) is 18.2 Å². The van der Waals surface area contributed by atoms with E-state index in [1.165, 1.54) is 18.2 Å². The van der Waals surface area contributed by atoms with Crippen LogP contribution in [-0.2, 0) is 4.79 Å². The van der Waals surface area contributed by atoms with Gasteiger partial charge in [-0.2, -0.15) is 0 Å². The summed E-state index contributed by atoms with van der Waals surface area (Å²) in [7, 11) is 0. The molecule has 1 aromatic rings. The van der Waals surface area contributed by atoms with Gasteiger partial charge in [0.2, 0.25) is 5.91 Å². The van der Waals surface area contributed by atoms with Crippen LogP contribution < -0.4 is 11.1 Å². The number of hydrogen-bond acceptors (Lipinski definition) is 2. The molecule has 0 aliphatic carbocycles. The summed E-state index contributed by atoms with van der Waals surface area (Å²) in [5.74, 6) is -1.01. The van der Waals surface area contributed by atoms with Crippen molar-refractivity contribution in [3.05, 3.63) is 29.0 Å². The second-order valence-corrected chi connectivity index (χ2v) is 4.03. The predicted molar refractivity (Wildman–Crippen MR) is 62.9 cm³/mol. The summed E-state index contributed by atoms with van der Waals surface area (Å²) in [6.45, 7) is 2.16. The fourth-order valence-corrected chi connectivity index (χ4v) is 1.40. The first kappa shape index (κ1) is 12.9. The summed E-state index contributed by atoms with van der Waals surface area (Å²) in [6, 6.07) is 4.02. The van der Waals surface area contributed by atoms with E-state index in [9.17, 15) is 9.18 Å². The number of benzene rings is 1. The van der Waals surface area contributed by atoms with Crippen molar-refractivity contribution >= 4 is 23.2 Å². The lowest BCUT2D eigenvalue weighted by Crippen LogP contribution is -2.23. The molecule has 1 unspecified atom stereocenters. The zero-order chi connectivity index (χ0) is 12.1. The second-order valence-electron chi connectivity index (χ2n) is 3.59. The van der Waals surface area contributed by atoms with Gasteiger partial charge in [-0.1, -0.05) is 18.5 Å². The van der Waals surface area contributed by atoms with Crippen LogP contribution in [0.5, 0.6) is 0 Å². The Balaban J connectivity index is 2.72. The molecule has 0 heterocycles. The van der Waals surface area contributed by atoms with E-state index in [0.29, 0.717) is 18.0 Å². The molecule has 0 saturated carbocycles. The lowest BCUT2D eigenvalue weighted by atomic mass is 10.1. The van der Waals surface area contributed by atoms with Gasteiger partial charge in [0.1, 0.15) is 5.82 Å². The van der Waals surface area contributed by atoms with Gasteiger partial charge < -0.3 is 11.1 Å². The zero-order valence-corrected chi connectivity index (χ0v) is 9.72. The normalized spacial score (nSPS) is 12.2. The van der Waals surface area contributed by atoms with Crippen LogP contribution in [-0.4, -0.2) is 12.5 Å². The molecule has 0 aliphatic heterocycles. The molecule has 0 spiro atoms. The van der Waals surface area contributed by atoms with Gasteiger partial charge in [-0.25, -0.2) is 4.39 Å².